The van der Waals surface area contributed by atoms with Gasteiger partial charge >= 0.3 is 6.09 Å². The number of benzene rings is 1. The third-order valence-corrected chi connectivity index (χ3v) is 6.73. The zero-order valence-electron chi connectivity index (χ0n) is 20.5. The molecule has 0 unspecified atom stereocenters. The van der Waals surface area contributed by atoms with Crippen molar-refractivity contribution in [2.45, 2.75) is 102 Å². The van der Waals surface area contributed by atoms with Crippen LogP contribution in [0.4, 0.5) is 4.79 Å². The Bertz CT molecular complexity index is 726. The van der Waals surface area contributed by atoms with E-state index in [1.54, 1.807) is 4.90 Å². The van der Waals surface area contributed by atoms with Gasteiger partial charge in [0.05, 0.1) is 31.5 Å². The van der Waals surface area contributed by atoms with Gasteiger partial charge in [0.2, 0.25) is 0 Å². The first-order valence-corrected chi connectivity index (χ1v) is 12.4. The molecule has 2 aliphatic rings. The molecule has 7 nitrogen and oxygen atoms in total. The lowest BCUT2D eigenvalue weighted by Crippen LogP contribution is -2.65. The van der Waals surface area contributed by atoms with Gasteiger partial charge in [0, 0.05) is 18.7 Å². The summed E-state index contributed by atoms with van der Waals surface area (Å²) < 4.78 is 18.1. The fourth-order valence-corrected chi connectivity index (χ4v) is 4.89. The molecule has 0 spiro atoms. The summed E-state index contributed by atoms with van der Waals surface area (Å²) >= 11 is 0. The molecule has 0 radical (unpaired) electrons. The molecule has 3 N–H and O–H groups in total. The first-order chi connectivity index (χ1) is 15.7. The number of nitrogens with two attached hydrogens (primary N) is 1. The SMILES string of the molecule is CC(C)(C)OC(=O)N1CCC[C@@](N)(CCO)[C@@H]1COC1CCC(OCc2ccccc2)CC1. The normalized spacial score (nSPS) is 28.5. The molecule has 1 saturated carbocycles. The summed E-state index contributed by atoms with van der Waals surface area (Å²) in [5.74, 6) is 0. The molecule has 33 heavy (non-hydrogen) atoms. The molecule has 2 atom stereocenters. The maximum Gasteiger partial charge on any atom is 0.410 e. The second kappa shape index (κ2) is 11.6. The number of likely N-dealkylation sites (tertiary alicyclic amines) is 1. The van der Waals surface area contributed by atoms with E-state index in [4.69, 9.17) is 19.9 Å². The summed E-state index contributed by atoms with van der Waals surface area (Å²) in [5.41, 5.74) is 6.66. The number of hydrogen-bond donors (Lipinski definition) is 2. The molecule has 1 aliphatic heterocycles. The van der Waals surface area contributed by atoms with E-state index >= 15 is 0 Å². The number of piperidine rings is 1. The van der Waals surface area contributed by atoms with Gasteiger partial charge in [0.15, 0.2) is 0 Å². The number of amides is 1. The quantitative estimate of drug-likeness (QED) is 0.606. The highest BCUT2D eigenvalue weighted by Crippen LogP contribution is 2.32. The molecule has 186 valence electrons. The summed E-state index contributed by atoms with van der Waals surface area (Å²) in [7, 11) is 0. The number of carbonyl (C=O) groups is 1. The summed E-state index contributed by atoms with van der Waals surface area (Å²) in [6.07, 6.45) is 5.76. The van der Waals surface area contributed by atoms with Gasteiger partial charge in [0.1, 0.15) is 5.60 Å². The number of aliphatic hydroxyl groups is 1. The summed E-state index contributed by atoms with van der Waals surface area (Å²) in [4.78, 5) is 14.6. The van der Waals surface area contributed by atoms with E-state index in [1.807, 2.05) is 39.0 Å². The van der Waals surface area contributed by atoms with Gasteiger partial charge in [-0.3, -0.25) is 0 Å². The Morgan fingerprint density at radius 2 is 1.76 bits per heavy atom. The van der Waals surface area contributed by atoms with Gasteiger partial charge in [-0.2, -0.15) is 0 Å². The summed E-state index contributed by atoms with van der Waals surface area (Å²) in [6, 6.07) is 9.92. The third-order valence-electron chi connectivity index (χ3n) is 6.73. The van der Waals surface area contributed by atoms with Crippen LogP contribution in [0, 0.1) is 0 Å². The van der Waals surface area contributed by atoms with E-state index in [-0.39, 0.29) is 30.9 Å². The minimum Gasteiger partial charge on any atom is -0.444 e. The Kier molecular flexibility index (Phi) is 9.16. The van der Waals surface area contributed by atoms with Crippen LogP contribution in [0.15, 0.2) is 30.3 Å². The number of carbonyl (C=O) groups excluding carboxylic acids is 1. The number of hydrogen-bond acceptors (Lipinski definition) is 6. The van der Waals surface area contributed by atoms with Gasteiger partial charge in [-0.1, -0.05) is 30.3 Å². The first kappa shape index (κ1) is 25.9. The molecule has 0 bridgehead atoms. The minimum atomic E-state index is -0.681. The smallest absolute Gasteiger partial charge is 0.410 e. The maximum absolute atomic E-state index is 12.9. The van der Waals surface area contributed by atoms with Crippen molar-refractivity contribution >= 4 is 6.09 Å². The minimum absolute atomic E-state index is 0.0149. The van der Waals surface area contributed by atoms with E-state index in [0.29, 0.717) is 26.2 Å². The largest absolute Gasteiger partial charge is 0.444 e. The molecular weight excluding hydrogens is 420 g/mol. The number of ether oxygens (including phenoxy) is 3. The van der Waals surface area contributed by atoms with Gasteiger partial charge in [0.25, 0.3) is 0 Å². The van der Waals surface area contributed by atoms with Crippen molar-refractivity contribution in [1.29, 1.82) is 0 Å². The summed E-state index contributed by atoms with van der Waals surface area (Å²) in [6.45, 7) is 7.16. The van der Waals surface area contributed by atoms with E-state index in [9.17, 15) is 9.90 Å². The van der Waals surface area contributed by atoms with Crippen LogP contribution in [0.1, 0.15) is 71.3 Å². The Hall–Kier alpha value is -1.67. The van der Waals surface area contributed by atoms with Crippen LogP contribution >= 0.6 is 0 Å². The fourth-order valence-electron chi connectivity index (χ4n) is 4.89. The second-order valence-electron chi connectivity index (χ2n) is 10.5. The summed E-state index contributed by atoms with van der Waals surface area (Å²) in [5, 5.41) is 9.62. The van der Waals surface area contributed by atoms with Crippen LogP contribution in [-0.4, -0.2) is 65.2 Å². The van der Waals surface area contributed by atoms with Gasteiger partial charge in [-0.25, -0.2) is 4.79 Å². The number of nitrogens with zero attached hydrogens (tertiary/aromatic N) is 1. The zero-order valence-corrected chi connectivity index (χ0v) is 20.5. The van der Waals surface area contributed by atoms with E-state index < -0.39 is 11.1 Å². The monoisotopic (exact) mass is 462 g/mol. The standard InChI is InChI=1S/C26H42N2O5/c1-25(2,3)33-24(30)28-16-7-14-26(27,15-17-29)23(28)19-32-22-12-10-21(11-13-22)31-18-20-8-5-4-6-9-20/h4-6,8-9,21-23,29H,7,10-19,27H2,1-3H3/t21?,22?,23-,26+/m0/s1. The van der Waals surface area contributed by atoms with Crippen molar-refractivity contribution < 1.29 is 24.1 Å². The van der Waals surface area contributed by atoms with Crippen LogP contribution in [0.5, 0.6) is 0 Å². The Balaban J connectivity index is 1.53. The van der Waals surface area contributed by atoms with Gasteiger partial charge in [-0.15, -0.1) is 0 Å². The van der Waals surface area contributed by atoms with E-state index in [2.05, 4.69) is 12.1 Å². The highest BCUT2D eigenvalue weighted by molar-refractivity contribution is 5.69. The fraction of sp³-hybridized carbons (Fsp3) is 0.731. The lowest BCUT2D eigenvalue weighted by atomic mass is 9.80. The second-order valence-corrected chi connectivity index (χ2v) is 10.5. The van der Waals surface area contributed by atoms with E-state index in [1.165, 1.54) is 5.56 Å². The molecule has 1 amide bonds. The van der Waals surface area contributed by atoms with Crippen molar-refractivity contribution in [3.63, 3.8) is 0 Å². The molecule has 7 heteroatoms. The predicted molar refractivity (Wildman–Crippen MR) is 128 cm³/mol. The van der Waals surface area contributed by atoms with Crippen LogP contribution in [0.25, 0.3) is 0 Å². The van der Waals surface area contributed by atoms with Crippen LogP contribution < -0.4 is 5.73 Å². The average Bonchev–Trinajstić information content (AvgIpc) is 2.77. The highest BCUT2D eigenvalue weighted by atomic mass is 16.6. The predicted octanol–water partition coefficient (Wildman–Crippen LogP) is 4.01. The van der Waals surface area contributed by atoms with Gasteiger partial charge in [-0.05, 0) is 71.3 Å². The highest BCUT2D eigenvalue weighted by Gasteiger charge is 2.45. The number of aliphatic hydroxyl groups excluding tert-OH is 1. The van der Waals surface area contributed by atoms with E-state index in [0.717, 1.165) is 38.5 Å². The molecular formula is C26H42N2O5. The van der Waals surface area contributed by atoms with Crippen molar-refractivity contribution in [2.24, 2.45) is 5.73 Å². The maximum atomic E-state index is 12.9. The van der Waals surface area contributed by atoms with Crippen molar-refractivity contribution in [3.8, 4) is 0 Å². The Morgan fingerprint density at radius 3 is 2.36 bits per heavy atom. The number of rotatable bonds is 8. The molecule has 1 aromatic carbocycles. The van der Waals surface area contributed by atoms with Crippen molar-refractivity contribution in [2.75, 3.05) is 19.8 Å². The Labute approximate surface area is 198 Å². The van der Waals surface area contributed by atoms with Crippen molar-refractivity contribution in [1.82, 2.24) is 4.90 Å². The molecule has 1 saturated heterocycles. The van der Waals surface area contributed by atoms with Crippen LogP contribution in [0.3, 0.4) is 0 Å². The van der Waals surface area contributed by atoms with Gasteiger partial charge < -0.3 is 30.0 Å². The van der Waals surface area contributed by atoms with Crippen LogP contribution in [-0.2, 0) is 20.8 Å². The lowest BCUT2D eigenvalue weighted by Gasteiger charge is -2.48. The topological polar surface area (TPSA) is 94.3 Å². The Morgan fingerprint density at radius 1 is 1.12 bits per heavy atom. The third kappa shape index (κ3) is 7.67. The molecule has 1 heterocycles. The van der Waals surface area contributed by atoms with Crippen LogP contribution in [0.2, 0.25) is 0 Å². The molecule has 0 aromatic heterocycles. The molecule has 2 fully saturated rings. The molecule has 1 aliphatic carbocycles. The van der Waals surface area contributed by atoms with Crippen molar-refractivity contribution in [3.05, 3.63) is 35.9 Å². The molecule has 1 aromatic rings. The first-order valence-electron chi connectivity index (χ1n) is 12.4. The zero-order chi connectivity index (χ0) is 23.9. The average molecular weight is 463 g/mol. The molecule has 3 rings (SSSR count). The lowest BCUT2D eigenvalue weighted by molar-refractivity contribution is -0.0719.